The van der Waals surface area contributed by atoms with Gasteiger partial charge in [-0.3, -0.25) is 4.90 Å². The smallest absolute Gasteiger partial charge is 0.322 e. The van der Waals surface area contributed by atoms with Gasteiger partial charge in [-0.15, -0.1) is 0 Å². The van der Waals surface area contributed by atoms with Gasteiger partial charge in [0.1, 0.15) is 0 Å². The lowest BCUT2D eigenvalue weighted by Gasteiger charge is -2.31. The maximum absolute atomic E-state index is 12.7. The maximum Gasteiger partial charge on any atom is 0.322 e. The number of benzene rings is 2. The molecule has 122 valence electrons. The summed E-state index contributed by atoms with van der Waals surface area (Å²) in [5.41, 5.74) is 1.18. The summed E-state index contributed by atoms with van der Waals surface area (Å²) in [7, 11) is 0. The number of rotatable bonds is 4. The Labute approximate surface area is 147 Å². The molecule has 0 spiro atoms. The van der Waals surface area contributed by atoms with Crippen LogP contribution in [0, 0.1) is 0 Å². The van der Waals surface area contributed by atoms with Crippen LogP contribution in [0.1, 0.15) is 26.3 Å². The normalized spacial score (nSPS) is 11.2. The van der Waals surface area contributed by atoms with Gasteiger partial charge in [0.2, 0.25) is 0 Å². The van der Waals surface area contributed by atoms with Crippen molar-refractivity contribution in [3.63, 3.8) is 0 Å². The molecule has 2 aromatic carbocycles. The van der Waals surface area contributed by atoms with Gasteiger partial charge < -0.3 is 5.32 Å². The van der Waals surface area contributed by atoms with Crippen molar-refractivity contribution in [1.82, 2.24) is 5.32 Å². The van der Waals surface area contributed by atoms with Gasteiger partial charge in [0.25, 0.3) is 0 Å². The van der Waals surface area contributed by atoms with Crippen LogP contribution < -0.4 is 10.2 Å². The summed E-state index contributed by atoms with van der Waals surface area (Å²) in [5, 5.41) is 4.03. The minimum absolute atomic E-state index is 0.158. The number of hydrogen-bond acceptors (Lipinski definition) is 1. The van der Waals surface area contributed by atoms with E-state index in [1.165, 1.54) is 0 Å². The second-order valence-corrected chi connectivity index (χ2v) is 6.58. The largest absolute Gasteiger partial charge is 0.329 e. The molecule has 0 aliphatic heterocycles. The van der Waals surface area contributed by atoms with E-state index in [2.05, 4.69) is 5.32 Å². The summed E-state index contributed by atoms with van der Waals surface area (Å²) in [6, 6.07) is 14.8. The molecule has 0 fully saturated rings. The third kappa shape index (κ3) is 4.18. The molecule has 5 heteroatoms. The minimum Gasteiger partial charge on any atom is -0.329 e. The lowest BCUT2D eigenvalue weighted by molar-refractivity contribution is 0.236. The topological polar surface area (TPSA) is 32.3 Å². The van der Waals surface area contributed by atoms with Crippen LogP contribution in [0.3, 0.4) is 0 Å². The molecule has 0 aliphatic rings. The number of amides is 2. The lowest BCUT2D eigenvalue weighted by Crippen LogP contribution is -2.48. The predicted molar refractivity (Wildman–Crippen MR) is 97.5 cm³/mol. The molecule has 2 rings (SSSR count). The molecule has 3 nitrogen and oxygen atoms in total. The van der Waals surface area contributed by atoms with Gasteiger partial charge >= 0.3 is 6.03 Å². The van der Waals surface area contributed by atoms with Crippen LogP contribution in [-0.4, -0.2) is 12.6 Å². The Bertz CT molecular complexity index is 687. The van der Waals surface area contributed by atoms with Crippen molar-refractivity contribution in [2.24, 2.45) is 0 Å². The van der Waals surface area contributed by atoms with Crippen LogP contribution in [0.4, 0.5) is 10.5 Å². The zero-order chi connectivity index (χ0) is 17.0. The van der Waals surface area contributed by atoms with E-state index in [0.29, 0.717) is 16.6 Å². The molecule has 0 aliphatic carbocycles. The first-order chi connectivity index (χ1) is 10.8. The molecule has 1 N–H and O–H groups in total. The van der Waals surface area contributed by atoms with Crippen molar-refractivity contribution in [3.05, 3.63) is 64.1 Å². The Hall–Kier alpha value is -1.71. The highest BCUT2D eigenvalue weighted by Crippen LogP contribution is 2.28. The second-order valence-electron chi connectivity index (χ2n) is 5.76. The minimum atomic E-state index is -0.576. The molecular formula is C18H20Cl2N2O. The number of carbonyl (C=O) groups excluding carboxylic acids is 1. The fourth-order valence-electron chi connectivity index (χ4n) is 2.34. The van der Waals surface area contributed by atoms with Crippen LogP contribution in [0.2, 0.25) is 10.0 Å². The molecule has 0 unspecified atom stereocenters. The third-order valence-electron chi connectivity index (χ3n) is 3.69. The number of nitrogens with one attached hydrogen (secondary N) is 1. The quantitative estimate of drug-likeness (QED) is 0.779. The highest BCUT2D eigenvalue weighted by molar-refractivity contribution is 6.42. The van der Waals surface area contributed by atoms with E-state index in [1.54, 1.807) is 17.0 Å². The van der Waals surface area contributed by atoms with Crippen LogP contribution in [0.25, 0.3) is 0 Å². The summed E-state index contributed by atoms with van der Waals surface area (Å²) in [5.74, 6) is 0. The average molecular weight is 351 g/mol. The molecule has 0 atom stereocenters. The number of carbonyl (C=O) groups is 1. The molecule has 0 heterocycles. The number of hydrogen-bond donors (Lipinski definition) is 1. The van der Waals surface area contributed by atoms with E-state index in [0.717, 1.165) is 11.3 Å². The van der Waals surface area contributed by atoms with E-state index in [4.69, 9.17) is 23.2 Å². The number of anilines is 1. The van der Waals surface area contributed by atoms with E-state index in [9.17, 15) is 4.79 Å². The second kappa shape index (κ2) is 7.24. The summed E-state index contributed by atoms with van der Waals surface area (Å²) in [6.07, 6.45) is 0. The van der Waals surface area contributed by atoms with Crippen molar-refractivity contribution >= 4 is 34.9 Å². The van der Waals surface area contributed by atoms with Gasteiger partial charge in [0, 0.05) is 12.2 Å². The maximum atomic E-state index is 12.7. The fraction of sp³-hybridized carbons (Fsp3) is 0.278. The summed E-state index contributed by atoms with van der Waals surface area (Å²) >= 11 is 12.0. The number of nitrogens with zero attached hydrogens (tertiary/aromatic N) is 1. The molecule has 0 radical (unpaired) electrons. The lowest BCUT2D eigenvalue weighted by atomic mass is 9.94. The number of para-hydroxylation sites is 1. The van der Waals surface area contributed by atoms with Crippen LogP contribution in [0.15, 0.2) is 48.5 Å². The predicted octanol–water partition coefficient (Wildman–Crippen LogP) is 5.46. The Kier molecular flexibility index (Phi) is 5.55. The number of halogens is 2. The van der Waals surface area contributed by atoms with Crippen molar-refractivity contribution in [2.75, 3.05) is 11.4 Å². The van der Waals surface area contributed by atoms with Crippen molar-refractivity contribution in [2.45, 2.75) is 26.3 Å². The Morgan fingerprint density at radius 1 is 1.09 bits per heavy atom. The third-order valence-corrected chi connectivity index (χ3v) is 4.43. The van der Waals surface area contributed by atoms with Crippen LogP contribution in [0.5, 0.6) is 0 Å². The van der Waals surface area contributed by atoms with Crippen molar-refractivity contribution in [3.8, 4) is 0 Å². The van der Waals surface area contributed by atoms with Gasteiger partial charge in [-0.05, 0) is 50.6 Å². The monoisotopic (exact) mass is 350 g/mol. The van der Waals surface area contributed by atoms with E-state index in [-0.39, 0.29) is 6.03 Å². The van der Waals surface area contributed by atoms with E-state index >= 15 is 0 Å². The molecule has 0 aromatic heterocycles. The molecule has 23 heavy (non-hydrogen) atoms. The summed E-state index contributed by atoms with van der Waals surface area (Å²) < 4.78 is 0. The zero-order valence-corrected chi connectivity index (χ0v) is 14.9. The van der Waals surface area contributed by atoms with Gasteiger partial charge in [-0.2, -0.15) is 0 Å². The van der Waals surface area contributed by atoms with Crippen LogP contribution >= 0.6 is 23.2 Å². The fourth-order valence-corrected chi connectivity index (χ4v) is 2.64. The standard InChI is InChI=1S/C18H20Cl2N2O/c1-4-22(14-8-6-5-7-9-14)17(23)21-18(2,3)13-10-11-15(19)16(20)12-13/h5-12H,4H2,1-3H3,(H,21,23). The van der Waals surface area contributed by atoms with Crippen molar-refractivity contribution < 1.29 is 4.79 Å². The Morgan fingerprint density at radius 3 is 2.30 bits per heavy atom. The highest BCUT2D eigenvalue weighted by atomic mass is 35.5. The number of urea groups is 1. The SMILES string of the molecule is CCN(C(=O)NC(C)(C)c1ccc(Cl)c(Cl)c1)c1ccccc1. The van der Waals surface area contributed by atoms with E-state index < -0.39 is 5.54 Å². The van der Waals surface area contributed by atoms with Gasteiger partial charge in [-0.1, -0.05) is 47.5 Å². The molecule has 2 aromatic rings. The summed E-state index contributed by atoms with van der Waals surface area (Å²) in [6.45, 7) is 6.39. The first kappa shape index (κ1) is 17.6. The molecule has 2 amide bonds. The first-order valence-corrected chi connectivity index (χ1v) is 8.21. The van der Waals surface area contributed by atoms with Crippen molar-refractivity contribution in [1.29, 1.82) is 0 Å². The Balaban J connectivity index is 2.21. The molecule has 0 bridgehead atoms. The molecule has 0 saturated carbocycles. The first-order valence-electron chi connectivity index (χ1n) is 7.45. The molecular weight excluding hydrogens is 331 g/mol. The average Bonchev–Trinajstić information content (AvgIpc) is 2.51. The van der Waals surface area contributed by atoms with E-state index in [1.807, 2.05) is 57.2 Å². The zero-order valence-electron chi connectivity index (χ0n) is 13.4. The van der Waals surface area contributed by atoms with Gasteiger partial charge in [0.15, 0.2) is 0 Å². The highest BCUT2D eigenvalue weighted by Gasteiger charge is 2.26. The molecule has 0 saturated heterocycles. The van der Waals surface area contributed by atoms with Gasteiger partial charge in [0.05, 0.1) is 15.6 Å². The summed E-state index contributed by atoms with van der Waals surface area (Å²) in [4.78, 5) is 14.4. The Morgan fingerprint density at radius 2 is 1.74 bits per heavy atom. The van der Waals surface area contributed by atoms with Crippen LogP contribution in [-0.2, 0) is 5.54 Å². The van der Waals surface area contributed by atoms with Gasteiger partial charge in [-0.25, -0.2) is 4.79 Å².